The van der Waals surface area contributed by atoms with Gasteiger partial charge in [-0.05, 0) is 73.9 Å². The molecule has 0 saturated carbocycles. The summed E-state index contributed by atoms with van der Waals surface area (Å²) in [6.07, 6.45) is -4.33. The highest BCUT2D eigenvalue weighted by Gasteiger charge is 2.35. The van der Waals surface area contributed by atoms with Gasteiger partial charge in [-0.25, -0.2) is 0 Å². The summed E-state index contributed by atoms with van der Waals surface area (Å²) in [5.41, 5.74) is 0.810. The number of benzene rings is 3. The number of nitrogens with one attached hydrogen (secondary N) is 1. The summed E-state index contributed by atoms with van der Waals surface area (Å²) in [6, 6.07) is 14.1. The number of anilines is 2. The van der Waals surface area contributed by atoms with Crippen LogP contribution >= 0.6 is 11.6 Å². The number of carbonyl (C=O) groups excluding carboxylic acids is 2. The summed E-state index contributed by atoms with van der Waals surface area (Å²) in [5.74, 6) is -1.19. The lowest BCUT2D eigenvalue weighted by Gasteiger charge is -2.24. The number of aryl methyl sites for hydroxylation is 1. The van der Waals surface area contributed by atoms with E-state index in [2.05, 4.69) is 5.32 Å². The van der Waals surface area contributed by atoms with Gasteiger partial charge in [-0.3, -0.25) is 9.59 Å². The number of hydrogen-bond acceptors (Lipinski definition) is 3. The molecule has 1 heterocycles. The normalized spacial score (nSPS) is 15.8. The number of halogens is 4. The van der Waals surface area contributed by atoms with E-state index in [4.69, 9.17) is 11.6 Å². The molecule has 182 valence electrons. The van der Waals surface area contributed by atoms with E-state index in [0.29, 0.717) is 46.8 Å². The zero-order valence-corrected chi connectivity index (χ0v) is 19.5. The van der Waals surface area contributed by atoms with Gasteiger partial charge in [0.1, 0.15) is 0 Å². The molecular formula is C26H22ClF3N2O3. The molecule has 0 saturated heterocycles. The van der Waals surface area contributed by atoms with E-state index in [-0.39, 0.29) is 11.6 Å². The predicted octanol–water partition coefficient (Wildman–Crippen LogP) is 6.39. The van der Waals surface area contributed by atoms with Gasteiger partial charge in [0, 0.05) is 34.1 Å². The fourth-order valence-electron chi connectivity index (χ4n) is 4.22. The lowest BCUT2D eigenvalue weighted by molar-refractivity contribution is -0.137. The lowest BCUT2D eigenvalue weighted by atomic mass is 10.0. The van der Waals surface area contributed by atoms with Gasteiger partial charge in [0.15, 0.2) is 0 Å². The molecule has 4 rings (SSSR count). The first-order valence-corrected chi connectivity index (χ1v) is 11.3. The Morgan fingerprint density at radius 2 is 1.80 bits per heavy atom. The molecule has 1 unspecified atom stereocenters. The van der Waals surface area contributed by atoms with Crippen LogP contribution < -0.4 is 10.2 Å². The van der Waals surface area contributed by atoms with Crippen LogP contribution in [0.2, 0.25) is 5.02 Å². The van der Waals surface area contributed by atoms with Crippen LogP contribution in [0.25, 0.3) is 0 Å². The van der Waals surface area contributed by atoms with Gasteiger partial charge < -0.3 is 15.3 Å². The maximum atomic E-state index is 13.4. The average Bonchev–Trinajstić information content (AvgIpc) is 2.97. The first kappa shape index (κ1) is 24.8. The fraction of sp³-hybridized carbons (Fsp3) is 0.231. The van der Waals surface area contributed by atoms with Gasteiger partial charge in [0.05, 0.1) is 17.2 Å². The van der Waals surface area contributed by atoms with Crippen LogP contribution in [0.5, 0.6) is 0 Å². The Morgan fingerprint density at radius 1 is 1.06 bits per heavy atom. The molecule has 3 aromatic carbocycles. The Hall–Kier alpha value is -3.36. The number of fused-ring (bicyclic) bond motifs is 1. The number of rotatable bonds is 3. The van der Waals surface area contributed by atoms with Crippen LogP contribution in [0.1, 0.15) is 56.4 Å². The molecule has 1 atom stereocenters. The summed E-state index contributed by atoms with van der Waals surface area (Å²) in [7, 11) is 0. The number of alkyl halides is 3. The lowest BCUT2D eigenvalue weighted by Crippen LogP contribution is -2.32. The molecule has 2 N–H and O–H groups in total. The number of aliphatic hydroxyl groups excluding tert-OH is 1. The van der Waals surface area contributed by atoms with E-state index < -0.39 is 29.3 Å². The molecule has 0 aliphatic carbocycles. The Morgan fingerprint density at radius 3 is 2.51 bits per heavy atom. The van der Waals surface area contributed by atoms with Crippen molar-refractivity contribution in [1.82, 2.24) is 0 Å². The Balaban J connectivity index is 1.59. The first-order valence-electron chi connectivity index (χ1n) is 10.9. The summed E-state index contributed by atoms with van der Waals surface area (Å²) in [5, 5.41) is 13.4. The van der Waals surface area contributed by atoms with Crippen molar-refractivity contribution in [3.8, 4) is 0 Å². The van der Waals surface area contributed by atoms with Gasteiger partial charge in [-0.2, -0.15) is 13.2 Å². The van der Waals surface area contributed by atoms with Crippen molar-refractivity contribution in [3.63, 3.8) is 0 Å². The molecule has 9 heteroatoms. The smallest absolute Gasteiger partial charge is 0.388 e. The largest absolute Gasteiger partial charge is 0.417 e. The maximum Gasteiger partial charge on any atom is 0.417 e. The van der Waals surface area contributed by atoms with Crippen LogP contribution in [-0.4, -0.2) is 23.5 Å². The van der Waals surface area contributed by atoms with E-state index in [1.807, 2.05) is 0 Å². The summed E-state index contributed by atoms with van der Waals surface area (Å²) in [6.45, 7) is 2.08. The second kappa shape index (κ2) is 9.71. The van der Waals surface area contributed by atoms with Crippen LogP contribution in [0.3, 0.4) is 0 Å². The summed E-state index contributed by atoms with van der Waals surface area (Å²) in [4.78, 5) is 27.6. The predicted molar refractivity (Wildman–Crippen MR) is 128 cm³/mol. The van der Waals surface area contributed by atoms with E-state index in [1.165, 1.54) is 30.3 Å². The molecule has 0 fully saturated rings. The molecular weight excluding hydrogens is 481 g/mol. The van der Waals surface area contributed by atoms with Crippen molar-refractivity contribution in [3.05, 3.63) is 93.5 Å². The molecule has 0 aromatic heterocycles. The minimum absolute atomic E-state index is 0.263. The van der Waals surface area contributed by atoms with E-state index in [0.717, 1.165) is 12.1 Å². The van der Waals surface area contributed by atoms with Gasteiger partial charge in [0.25, 0.3) is 11.8 Å². The first-order chi connectivity index (χ1) is 16.6. The molecule has 2 amide bonds. The second-order valence-electron chi connectivity index (χ2n) is 8.35. The third-order valence-electron chi connectivity index (χ3n) is 5.94. The van der Waals surface area contributed by atoms with Crippen molar-refractivity contribution in [2.75, 3.05) is 16.8 Å². The maximum absolute atomic E-state index is 13.4. The van der Waals surface area contributed by atoms with Crippen LogP contribution in [0.4, 0.5) is 24.5 Å². The zero-order chi connectivity index (χ0) is 25.3. The highest BCUT2D eigenvalue weighted by molar-refractivity contribution is 6.30. The van der Waals surface area contributed by atoms with Crippen molar-refractivity contribution in [2.24, 2.45) is 0 Å². The van der Waals surface area contributed by atoms with Crippen LogP contribution in [0, 0.1) is 6.92 Å². The highest BCUT2D eigenvalue weighted by Crippen LogP contribution is 2.36. The fourth-order valence-corrected chi connectivity index (χ4v) is 4.40. The highest BCUT2D eigenvalue weighted by atomic mass is 35.5. The van der Waals surface area contributed by atoms with Crippen molar-refractivity contribution in [1.29, 1.82) is 0 Å². The summed E-state index contributed by atoms with van der Waals surface area (Å²) >= 11 is 6.09. The zero-order valence-electron chi connectivity index (χ0n) is 18.7. The second-order valence-corrected chi connectivity index (χ2v) is 8.78. The standard InChI is InChI=1S/C26H22ClF3N2O3/c1-15-13-17(31-24(34)19-5-2-3-6-21(19)26(28,29)30)9-10-18(15)25(35)32-12-4-7-23(33)20-14-16(27)8-11-22(20)32/h2-3,5-6,8-11,13-14,23,33H,4,7,12H2,1H3,(H,31,34). The SMILES string of the molecule is Cc1cc(NC(=O)c2ccccc2C(F)(F)F)ccc1C(=O)N1CCCC(O)c2cc(Cl)ccc21. The van der Waals surface area contributed by atoms with Crippen molar-refractivity contribution in [2.45, 2.75) is 32.0 Å². The molecule has 1 aliphatic rings. The topological polar surface area (TPSA) is 69.6 Å². The van der Waals surface area contributed by atoms with Crippen molar-refractivity contribution >= 4 is 34.8 Å². The van der Waals surface area contributed by atoms with Gasteiger partial charge in [-0.15, -0.1) is 0 Å². The minimum atomic E-state index is -4.67. The molecule has 5 nitrogen and oxygen atoms in total. The number of amides is 2. The summed E-state index contributed by atoms with van der Waals surface area (Å²) < 4.78 is 39.8. The Kier molecular flexibility index (Phi) is 6.87. The quantitative estimate of drug-likeness (QED) is 0.436. The third-order valence-corrected chi connectivity index (χ3v) is 6.17. The van der Waals surface area contributed by atoms with E-state index in [1.54, 1.807) is 30.0 Å². The monoisotopic (exact) mass is 502 g/mol. The third kappa shape index (κ3) is 5.18. The molecule has 35 heavy (non-hydrogen) atoms. The van der Waals surface area contributed by atoms with Gasteiger partial charge in [-0.1, -0.05) is 23.7 Å². The minimum Gasteiger partial charge on any atom is -0.388 e. The Bertz CT molecular complexity index is 1290. The molecule has 0 radical (unpaired) electrons. The molecule has 3 aromatic rings. The Labute approximate surface area is 205 Å². The van der Waals surface area contributed by atoms with Crippen LogP contribution in [-0.2, 0) is 6.18 Å². The molecule has 0 bridgehead atoms. The average molecular weight is 503 g/mol. The van der Waals surface area contributed by atoms with Crippen LogP contribution in [0.15, 0.2) is 60.7 Å². The molecule has 0 spiro atoms. The number of aliphatic hydroxyl groups is 1. The van der Waals surface area contributed by atoms with E-state index in [9.17, 15) is 27.9 Å². The number of hydrogen-bond donors (Lipinski definition) is 2. The van der Waals surface area contributed by atoms with Gasteiger partial charge in [0.2, 0.25) is 0 Å². The molecule has 1 aliphatic heterocycles. The number of nitrogens with zero attached hydrogens (tertiary/aromatic N) is 1. The number of carbonyl (C=O) groups is 2. The van der Waals surface area contributed by atoms with E-state index >= 15 is 0 Å². The van der Waals surface area contributed by atoms with Crippen molar-refractivity contribution < 1.29 is 27.9 Å². The van der Waals surface area contributed by atoms with Gasteiger partial charge >= 0.3 is 6.18 Å².